The lowest BCUT2D eigenvalue weighted by molar-refractivity contribution is 0.628. The van der Waals surface area contributed by atoms with Crippen LogP contribution in [0.4, 0.5) is 8.78 Å². The normalized spacial score (nSPS) is 10.3. The first-order valence-corrected chi connectivity index (χ1v) is 7.94. The van der Waals surface area contributed by atoms with E-state index >= 15 is 0 Å². The van der Waals surface area contributed by atoms with Crippen LogP contribution >= 0.6 is 7.92 Å². The van der Waals surface area contributed by atoms with Crippen molar-refractivity contribution in [3.8, 4) is 0 Å². The van der Waals surface area contributed by atoms with Crippen LogP contribution in [0.2, 0.25) is 0 Å². The van der Waals surface area contributed by atoms with E-state index < -0.39 is 7.92 Å². The first kappa shape index (κ1) is 16.3. The van der Waals surface area contributed by atoms with Gasteiger partial charge in [-0.1, -0.05) is 54.6 Å². The third-order valence-corrected chi connectivity index (χ3v) is 5.63. The zero-order valence-electron chi connectivity index (χ0n) is 11.7. The summed E-state index contributed by atoms with van der Waals surface area (Å²) in [5.41, 5.74) is 0. The predicted molar refractivity (Wildman–Crippen MR) is 88.7 cm³/mol. The zero-order valence-corrected chi connectivity index (χ0v) is 12.6. The Morgan fingerprint density at radius 1 is 0.500 bits per heavy atom. The standard InChI is InChI=1S/C18H13F2P.H2O/c19-14-6-10-17(11-7-14)21(16-4-2-1-3-5-16)18-12-8-15(20)9-13-18;/h1-13H;1H2. The van der Waals surface area contributed by atoms with Gasteiger partial charge in [0, 0.05) is 0 Å². The molecule has 3 aromatic carbocycles. The summed E-state index contributed by atoms with van der Waals surface area (Å²) in [4.78, 5) is 0. The molecule has 0 aliphatic rings. The van der Waals surface area contributed by atoms with Crippen LogP contribution in [-0.2, 0) is 0 Å². The highest BCUT2D eigenvalue weighted by Gasteiger charge is 2.16. The molecule has 112 valence electrons. The summed E-state index contributed by atoms with van der Waals surface area (Å²) >= 11 is 0. The Balaban J connectivity index is 0.00000176. The molecule has 0 saturated carbocycles. The molecule has 0 bridgehead atoms. The van der Waals surface area contributed by atoms with Gasteiger partial charge in [0.2, 0.25) is 0 Å². The SMILES string of the molecule is Fc1ccc(P(c2ccccc2)c2ccc(F)cc2)cc1.O. The van der Waals surface area contributed by atoms with Gasteiger partial charge in [0.1, 0.15) is 11.6 Å². The minimum atomic E-state index is -0.804. The van der Waals surface area contributed by atoms with E-state index in [-0.39, 0.29) is 17.1 Å². The topological polar surface area (TPSA) is 31.5 Å². The van der Waals surface area contributed by atoms with E-state index in [9.17, 15) is 8.78 Å². The van der Waals surface area contributed by atoms with Crippen molar-refractivity contribution in [2.45, 2.75) is 0 Å². The average molecular weight is 316 g/mol. The van der Waals surface area contributed by atoms with E-state index in [1.807, 2.05) is 18.2 Å². The summed E-state index contributed by atoms with van der Waals surface area (Å²) in [5.74, 6) is -0.498. The van der Waals surface area contributed by atoms with Gasteiger partial charge < -0.3 is 5.48 Å². The lowest BCUT2D eigenvalue weighted by atomic mass is 10.3. The molecule has 0 aliphatic carbocycles. The highest BCUT2D eigenvalue weighted by molar-refractivity contribution is 7.79. The minimum absolute atomic E-state index is 0. The minimum Gasteiger partial charge on any atom is -0.412 e. The monoisotopic (exact) mass is 316 g/mol. The van der Waals surface area contributed by atoms with Crippen molar-refractivity contribution in [2.75, 3.05) is 0 Å². The largest absolute Gasteiger partial charge is 0.412 e. The lowest BCUT2D eigenvalue weighted by Crippen LogP contribution is -2.20. The number of rotatable bonds is 3. The number of halogens is 2. The summed E-state index contributed by atoms with van der Waals surface area (Å²) in [6.45, 7) is 0. The maximum absolute atomic E-state index is 13.2. The Morgan fingerprint density at radius 3 is 1.27 bits per heavy atom. The molecular formula is C18H15F2OP. The second kappa shape index (κ2) is 7.26. The van der Waals surface area contributed by atoms with Crippen molar-refractivity contribution in [2.24, 2.45) is 0 Å². The Bertz CT molecular complexity index is 667. The van der Waals surface area contributed by atoms with Crippen molar-refractivity contribution in [3.05, 3.63) is 90.5 Å². The van der Waals surface area contributed by atoms with Crippen molar-refractivity contribution in [3.63, 3.8) is 0 Å². The molecule has 0 radical (unpaired) electrons. The number of hydrogen-bond donors (Lipinski definition) is 0. The Hall–Kier alpha value is -2.09. The van der Waals surface area contributed by atoms with E-state index in [1.54, 1.807) is 24.3 Å². The van der Waals surface area contributed by atoms with E-state index in [1.165, 1.54) is 24.3 Å². The third-order valence-electron chi connectivity index (χ3n) is 3.18. The van der Waals surface area contributed by atoms with Crippen molar-refractivity contribution in [1.82, 2.24) is 0 Å². The molecule has 22 heavy (non-hydrogen) atoms. The third kappa shape index (κ3) is 3.56. The Labute approximate surface area is 129 Å². The summed E-state index contributed by atoms with van der Waals surface area (Å²) in [5, 5.41) is 3.25. The highest BCUT2D eigenvalue weighted by Crippen LogP contribution is 2.32. The van der Waals surface area contributed by atoms with Gasteiger partial charge in [0.05, 0.1) is 0 Å². The number of hydrogen-bond acceptors (Lipinski definition) is 0. The van der Waals surface area contributed by atoms with Gasteiger partial charge in [0.25, 0.3) is 0 Å². The Kier molecular flexibility index (Phi) is 5.37. The average Bonchev–Trinajstić information content (AvgIpc) is 2.52. The quantitative estimate of drug-likeness (QED) is 0.666. The Morgan fingerprint density at radius 2 is 0.864 bits per heavy atom. The molecule has 1 nitrogen and oxygen atoms in total. The molecular weight excluding hydrogens is 301 g/mol. The van der Waals surface area contributed by atoms with Gasteiger partial charge in [-0.25, -0.2) is 8.78 Å². The first-order valence-electron chi connectivity index (χ1n) is 6.60. The molecule has 4 heteroatoms. The number of benzene rings is 3. The summed E-state index contributed by atoms with van der Waals surface area (Å²) in [7, 11) is -0.804. The summed E-state index contributed by atoms with van der Waals surface area (Å²) in [6, 6.07) is 23.1. The van der Waals surface area contributed by atoms with E-state index in [4.69, 9.17) is 0 Å². The second-order valence-electron chi connectivity index (χ2n) is 4.62. The van der Waals surface area contributed by atoms with Crippen LogP contribution in [0.25, 0.3) is 0 Å². The van der Waals surface area contributed by atoms with Crippen LogP contribution in [0.1, 0.15) is 0 Å². The molecule has 3 aromatic rings. The fourth-order valence-electron chi connectivity index (χ4n) is 2.20. The lowest BCUT2D eigenvalue weighted by Gasteiger charge is -2.19. The molecule has 0 aromatic heterocycles. The molecule has 0 unspecified atom stereocenters. The molecule has 3 rings (SSSR count). The zero-order chi connectivity index (χ0) is 14.7. The van der Waals surface area contributed by atoms with Gasteiger partial charge in [-0.2, -0.15) is 0 Å². The maximum atomic E-state index is 13.2. The fourth-order valence-corrected chi connectivity index (χ4v) is 4.46. The maximum Gasteiger partial charge on any atom is 0.123 e. The van der Waals surface area contributed by atoms with Crippen molar-refractivity contribution < 1.29 is 14.3 Å². The van der Waals surface area contributed by atoms with Gasteiger partial charge in [-0.3, -0.25) is 0 Å². The highest BCUT2D eigenvalue weighted by atomic mass is 31.1. The second-order valence-corrected chi connectivity index (χ2v) is 6.84. The van der Waals surface area contributed by atoms with Gasteiger partial charge >= 0.3 is 0 Å². The van der Waals surface area contributed by atoms with Crippen molar-refractivity contribution in [1.29, 1.82) is 0 Å². The van der Waals surface area contributed by atoms with Crippen LogP contribution in [0.3, 0.4) is 0 Å². The molecule has 0 amide bonds. The van der Waals surface area contributed by atoms with Crippen LogP contribution in [0.15, 0.2) is 78.9 Å². The molecule has 0 fully saturated rings. The fraction of sp³-hybridized carbons (Fsp3) is 0. The molecule has 2 N–H and O–H groups in total. The molecule has 0 heterocycles. The van der Waals surface area contributed by atoms with E-state index in [0.717, 1.165) is 15.9 Å². The van der Waals surface area contributed by atoms with Crippen LogP contribution in [-0.4, -0.2) is 5.48 Å². The molecule has 0 spiro atoms. The van der Waals surface area contributed by atoms with Crippen LogP contribution in [0, 0.1) is 11.6 Å². The summed E-state index contributed by atoms with van der Waals surface area (Å²) < 4.78 is 26.3. The predicted octanol–water partition coefficient (Wildman–Crippen LogP) is 2.90. The van der Waals surface area contributed by atoms with Gasteiger partial charge in [0.15, 0.2) is 0 Å². The summed E-state index contributed by atoms with van der Waals surface area (Å²) in [6.07, 6.45) is 0. The van der Waals surface area contributed by atoms with Gasteiger partial charge in [-0.05, 0) is 48.1 Å². The van der Waals surface area contributed by atoms with Crippen LogP contribution in [0.5, 0.6) is 0 Å². The van der Waals surface area contributed by atoms with Crippen LogP contribution < -0.4 is 15.9 Å². The van der Waals surface area contributed by atoms with Gasteiger partial charge in [-0.15, -0.1) is 0 Å². The van der Waals surface area contributed by atoms with Crippen molar-refractivity contribution >= 4 is 23.8 Å². The molecule has 0 saturated heterocycles. The molecule has 0 atom stereocenters. The molecule has 0 aliphatic heterocycles. The first-order chi connectivity index (χ1) is 10.2. The van der Waals surface area contributed by atoms with E-state index in [0.29, 0.717) is 0 Å². The smallest absolute Gasteiger partial charge is 0.123 e. The van der Waals surface area contributed by atoms with E-state index in [2.05, 4.69) is 12.1 Å².